The Morgan fingerprint density at radius 3 is 2.67 bits per heavy atom. The smallest absolute Gasteiger partial charge is 0.140 e. The van der Waals surface area contributed by atoms with Crippen LogP contribution in [-0.2, 0) is 4.79 Å². The minimum absolute atomic E-state index is 0.170. The van der Waals surface area contributed by atoms with E-state index in [0.717, 1.165) is 12.0 Å². The Bertz CT molecular complexity index is 361. The first-order valence-corrected chi connectivity index (χ1v) is 5.80. The molecule has 0 heterocycles. The quantitative estimate of drug-likeness (QED) is 0.764. The van der Waals surface area contributed by atoms with Crippen LogP contribution in [0.25, 0.3) is 0 Å². The van der Waals surface area contributed by atoms with Gasteiger partial charge in [0, 0.05) is 12.3 Å². The molecular formula is C12H14Cl2O. The highest BCUT2D eigenvalue weighted by atomic mass is 35.5. The Balaban J connectivity index is 2.96. The minimum atomic E-state index is -0.170. The number of hydrogen-bond acceptors (Lipinski definition) is 1. The van der Waals surface area contributed by atoms with E-state index in [1.807, 2.05) is 26.0 Å². The number of Topliss-reactive ketones (excluding diaryl/α,β-unsaturated/α-hetero) is 1. The van der Waals surface area contributed by atoms with E-state index in [9.17, 15) is 4.79 Å². The summed E-state index contributed by atoms with van der Waals surface area (Å²) in [7, 11) is 0. The van der Waals surface area contributed by atoms with Crippen molar-refractivity contribution in [1.29, 1.82) is 0 Å². The molecule has 0 aliphatic rings. The lowest BCUT2D eigenvalue weighted by molar-refractivity contribution is -0.120. The largest absolute Gasteiger partial charge is 0.299 e. The highest BCUT2D eigenvalue weighted by molar-refractivity contribution is 6.42. The number of hydrogen-bond donors (Lipinski definition) is 0. The average molecular weight is 245 g/mol. The third-order valence-electron chi connectivity index (χ3n) is 2.43. The monoisotopic (exact) mass is 244 g/mol. The van der Waals surface area contributed by atoms with Gasteiger partial charge in [-0.25, -0.2) is 0 Å². The molecule has 0 bridgehead atoms. The number of rotatable bonds is 4. The lowest BCUT2D eigenvalue weighted by Crippen LogP contribution is -2.09. The average Bonchev–Trinajstić information content (AvgIpc) is 2.21. The maximum Gasteiger partial charge on any atom is 0.140 e. The highest BCUT2D eigenvalue weighted by Crippen LogP contribution is 2.31. The Kier molecular flexibility index (Phi) is 4.62. The lowest BCUT2D eigenvalue weighted by Gasteiger charge is -2.12. The molecule has 1 aromatic carbocycles. The molecule has 0 N–H and O–H groups in total. The number of halogens is 2. The SMILES string of the molecule is CCCC(=O)C(C)c1cccc(Cl)c1Cl. The van der Waals surface area contributed by atoms with Gasteiger partial charge in [-0.1, -0.05) is 49.2 Å². The fourth-order valence-electron chi connectivity index (χ4n) is 1.49. The Labute approximate surface area is 100 Å². The second-order valence-electron chi connectivity index (χ2n) is 3.58. The molecule has 0 radical (unpaired) electrons. The summed E-state index contributed by atoms with van der Waals surface area (Å²) in [6, 6.07) is 5.40. The number of benzene rings is 1. The maximum absolute atomic E-state index is 11.7. The predicted molar refractivity (Wildman–Crippen MR) is 64.8 cm³/mol. The summed E-state index contributed by atoms with van der Waals surface area (Å²) in [5.74, 6) is 0.0396. The number of ketones is 1. The fourth-order valence-corrected chi connectivity index (χ4v) is 1.96. The van der Waals surface area contributed by atoms with Gasteiger partial charge in [-0.15, -0.1) is 0 Å². The van der Waals surface area contributed by atoms with Gasteiger partial charge in [0.1, 0.15) is 5.78 Å². The molecule has 82 valence electrons. The van der Waals surface area contributed by atoms with Gasteiger partial charge in [0.15, 0.2) is 0 Å². The van der Waals surface area contributed by atoms with E-state index in [0.29, 0.717) is 16.5 Å². The first-order valence-electron chi connectivity index (χ1n) is 5.04. The molecule has 1 atom stereocenters. The summed E-state index contributed by atoms with van der Waals surface area (Å²) in [6.07, 6.45) is 1.45. The molecule has 0 fully saturated rings. The molecule has 3 heteroatoms. The van der Waals surface area contributed by atoms with E-state index in [2.05, 4.69) is 0 Å². The van der Waals surface area contributed by atoms with Crippen LogP contribution < -0.4 is 0 Å². The van der Waals surface area contributed by atoms with Gasteiger partial charge in [0.05, 0.1) is 10.0 Å². The van der Waals surface area contributed by atoms with Gasteiger partial charge in [0.25, 0.3) is 0 Å². The van der Waals surface area contributed by atoms with Gasteiger partial charge in [-0.2, -0.15) is 0 Å². The van der Waals surface area contributed by atoms with Gasteiger partial charge < -0.3 is 0 Å². The van der Waals surface area contributed by atoms with Crippen molar-refractivity contribution in [2.24, 2.45) is 0 Å². The lowest BCUT2D eigenvalue weighted by atomic mass is 9.94. The van der Waals surface area contributed by atoms with Crippen molar-refractivity contribution in [3.63, 3.8) is 0 Å². The second-order valence-corrected chi connectivity index (χ2v) is 4.37. The third kappa shape index (κ3) is 2.96. The second kappa shape index (κ2) is 5.53. The minimum Gasteiger partial charge on any atom is -0.299 e. The number of carbonyl (C=O) groups excluding carboxylic acids is 1. The van der Waals surface area contributed by atoms with Crippen LogP contribution in [0.15, 0.2) is 18.2 Å². The molecule has 0 aliphatic heterocycles. The summed E-state index contributed by atoms with van der Waals surface area (Å²) < 4.78 is 0. The zero-order valence-electron chi connectivity index (χ0n) is 8.89. The van der Waals surface area contributed by atoms with E-state index < -0.39 is 0 Å². The van der Waals surface area contributed by atoms with Crippen molar-refractivity contribution in [1.82, 2.24) is 0 Å². The van der Waals surface area contributed by atoms with E-state index in [-0.39, 0.29) is 11.7 Å². The summed E-state index contributed by atoms with van der Waals surface area (Å²) in [5.41, 5.74) is 0.822. The molecule has 15 heavy (non-hydrogen) atoms. The van der Waals surface area contributed by atoms with Crippen LogP contribution in [-0.4, -0.2) is 5.78 Å². The van der Waals surface area contributed by atoms with Crippen LogP contribution in [0.2, 0.25) is 10.0 Å². The maximum atomic E-state index is 11.7. The summed E-state index contributed by atoms with van der Waals surface area (Å²) in [6.45, 7) is 3.86. The van der Waals surface area contributed by atoms with Crippen molar-refractivity contribution in [2.75, 3.05) is 0 Å². The van der Waals surface area contributed by atoms with Gasteiger partial charge in [-0.05, 0) is 18.1 Å². The normalized spacial score (nSPS) is 12.5. The Morgan fingerprint density at radius 2 is 2.07 bits per heavy atom. The fraction of sp³-hybridized carbons (Fsp3) is 0.417. The zero-order chi connectivity index (χ0) is 11.4. The first kappa shape index (κ1) is 12.5. The van der Waals surface area contributed by atoms with Crippen molar-refractivity contribution in [2.45, 2.75) is 32.6 Å². The predicted octanol–water partition coefficient (Wildman–Crippen LogP) is 4.47. The molecule has 0 amide bonds. The summed E-state index contributed by atoms with van der Waals surface area (Å²) >= 11 is 11.9. The first-order chi connectivity index (χ1) is 7.07. The zero-order valence-corrected chi connectivity index (χ0v) is 10.4. The van der Waals surface area contributed by atoms with Crippen LogP contribution in [0.5, 0.6) is 0 Å². The van der Waals surface area contributed by atoms with Crippen LogP contribution in [0, 0.1) is 0 Å². The molecule has 0 aliphatic carbocycles. The highest BCUT2D eigenvalue weighted by Gasteiger charge is 2.17. The molecule has 1 rings (SSSR count). The standard InChI is InChI=1S/C12H14Cl2O/c1-3-5-11(15)8(2)9-6-4-7-10(13)12(9)14/h4,6-8H,3,5H2,1-2H3. The molecule has 0 saturated heterocycles. The third-order valence-corrected chi connectivity index (χ3v) is 3.26. The van der Waals surface area contributed by atoms with Crippen LogP contribution in [0.1, 0.15) is 38.2 Å². The van der Waals surface area contributed by atoms with Gasteiger partial charge in [-0.3, -0.25) is 4.79 Å². The van der Waals surface area contributed by atoms with E-state index in [1.54, 1.807) is 6.07 Å². The van der Waals surface area contributed by atoms with Gasteiger partial charge in [0.2, 0.25) is 0 Å². The number of carbonyl (C=O) groups is 1. The van der Waals surface area contributed by atoms with Crippen LogP contribution >= 0.6 is 23.2 Å². The molecule has 1 nitrogen and oxygen atoms in total. The summed E-state index contributed by atoms with van der Waals surface area (Å²) in [4.78, 5) is 11.7. The van der Waals surface area contributed by atoms with Crippen molar-refractivity contribution < 1.29 is 4.79 Å². The molecule has 1 aromatic rings. The molecule has 0 spiro atoms. The van der Waals surface area contributed by atoms with Gasteiger partial charge >= 0.3 is 0 Å². The molecule has 0 saturated carbocycles. The van der Waals surface area contributed by atoms with Crippen molar-refractivity contribution >= 4 is 29.0 Å². The molecular weight excluding hydrogens is 231 g/mol. The van der Waals surface area contributed by atoms with Crippen molar-refractivity contribution in [3.05, 3.63) is 33.8 Å². The van der Waals surface area contributed by atoms with Crippen molar-refractivity contribution in [3.8, 4) is 0 Å². The summed E-state index contributed by atoms with van der Waals surface area (Å²) in [5, 5.41) is 1.00. The Hall–Kier alpha value is -0.530. The molecule has 0 aromatic heterocycles. The van der Waals surface area contributed by atoms with E-state index in [1.165, 1.54) is 0 Å². The molecule has 1 unspecified atom stereocenters. The van der Waals surface area contributed by atoms with E-state index >= 15 is 0 Å². The van der Waals surface area contributed by atoms with E-state index in [4.69, 9.17) is 23.2 Å². The Morgan fingerprint density at radius 1 is 1.40 bits per heavy atom. The topological polar surface area (TPSA) is 17.1 Å². The van der Waals surface area contributed by atoms with Crippen LogP contribution in [0.3, 0.4) is 0 Å². The van der Waals surface area contributed by atoms with Crippen LogP contribution in [0.4, 0.5) is 0 Å².